The Morgan fingerprint density at radius 1 is 1.47 bits per heavy atom. The molecular formula is C11H20N2O4. The van der Waals surface area contributed by atoms with Gasteiger partial charge in [0.15, 0.2) is 0 Å². The van der Waals surface area contributed by atoms with Crippen molar-refractivity contribution in [2.75, 3.05) is 6.54 Å². The summed E-state index contributed by atoms with van der Waals surface area (Å²) in [5.41, 5.74) is 4.52. The molecule has 1 amide bonds. The topological polar surface area (TPSA) is 102 Å². The Balaban J connectivity index is 2.41. The second-order valence-corrected chi connectivity index (χ2v) is 5.53. The van der Waals surface area contributed by atoms with E-state index in [1.165, 1.54) is 0 Å². The number of amides is 1. The first kappa shape index (κ1) is 13.8. The molecule has 98 valence electrons. The predicted octanol–water partition coefficient (Wildman–Crippen LogP) is 0.703. The summed E-state index contributed by atoms with van der Waals surface area (Å²) in [6.45, 7) is 5.54. The van der Waals surface area contributed by atoms with Crippen LogP contribution in [0.2, 0.25) is 0 Å². The van der Waals surface area contributed by atoms with Gasteiger partial charge in [0.05, 0.1) is 0 Å². The van der Waals surface area contributed by atoms with Crippen molar-refractivity contribution < 1.29 is 19.4 Å². The van der Waals surface area contributed by atoms with Gasteiger partial charge in [-0.05, 0) is 33.6 Å². The van der Waals surface area contributed by atoms with Gasteiger partial charge in [0.25, 0.3) is 0 Å². The maximum absolute atomic E-state index is 11.4. The fourth-order valence-electron chi connectivity index (χ4n) is 1.58. The van der Waals surface area contributed by atoms with Gasteiger partial charge >= 0.3 is 12.1 Å². The Bertz CT molecular complexity index is 318. The lowest BCUT2D eigenvalue weighted by Gasteiger charge is -2.23. The lowest BCUT2D eigenvalue weighted by atomic mass is 9.97. The minimum absolute atomic E-state index is 0.245. The van der Waals surface area contributed by atoms with Crippen LogP contribution in [0, 0.1) is 5.41 Å². The number of ether oxygens (including phenoxy) is 1. The molecule has 1 fully saturated rings. The lowest BCUT2D eigenvalue weighted by molar-refractivity contribution is -0.140. The Labute approximate surface area is 101 Å². The van der Waals surface area contributed by atoms with Crippen molar-refractivity contribution >= 4 is 12.1 Å². The molecule has 1 rings (SSSR count). The summed E-state index contributed by atoms with van der Waals surface area (Å²) in [5, 5.41) is 11.4. The van der Waals surface area contributed by atoms with E-state index in [2.05, 4.69) is 5.32 Å². The summed E-state index contributed by atoms with van der Waals surface area (Å²) >= 11 is 0. The average molecular weight is 244 g/mol. The van der Waals surface area contributed by atoms with Crippen molar-refractivity contribution in [3.05, 3.63) is 0 Å². The van der Waals surface area contributed by atoms with Gasteiger partial charge in [0, 0.05) is 12.0 Å². The highest BCUT2D eigenvalue weighted by molar-refractivity contribution is 5.75. The van der Waals surface area contributed by atoms with Gasteiger partial charge in [0.1, 0.15) is 11.6 Å². The first-order chi connectivity index (χ1) is 7.66. The van der Waals surface area contributed by atoms with E-state index in [1.54, 1.807) is 20.8 Å². The van der Waals surface area contributed by atoms with E-state index in [0.717, 1.165) is 12.8 Å². The Morgan fingerprint density at radius 3 is 2.35 bits per heavy atom. The van der Waals surface area contributed by atoms with Crippen LogP contribution >= 0.6 is 0 Å². The van der Waals surface area contributed by atoms with E-state index in [4.69, 9.17) is 15.6 Å². The normalized spacial score (nSPS) is 19.3. The van der Waals surface area contributed by atoms with Crippen LogP contribution in [0.4, 0.5) is 4.79 Å². The molecule has 17 heavy (non-hydrogen) atoms. The number of alkyl carbamates (subject to hydrolysis) is 1. The number of carboxylic acids is 1. The molecule has 6 nitrogen and oxygen atoms in total. The predicted molar refractivity (Wildman–Crippen MR) is 61.5 cm³/mol. The van der Waals surface area contributed by atoms with E-state index in [-0.39, 0.29) is 6.54 Å². The van der Waals surface area contributed by atoms with Gasteiger partial charge in [-0.2, -0.15) is 0 Å². The third-order valence-electron chi connectivity index (χ3n) is 2.80. The third kappa shape index (κ3) is 3.89. The minimum Gasteiger partial charge on any atom is -0.480 e. The first-order valence-corrected chi connectivity index (χ1v) is 5.62. The Kier molecular flexibility index (Phi) is 3.66. The number of nitrogens with one attached hydrogen (secondary N) is 1. The molecule has 0 aromatic carbocycles. The zero-order valence-corrected chi connectivity index (χ0v) is 10.4. The van der Waals surface area contributed by atoms with Crippen molar-refractivity contribution in [1.82, 2.24) is 5.32 Å². The van der Waals surface area contributed by atoms with Crippen molar-refractivity contribution in [1.29, 1.82) is 0 Å². The third-order valence-corrected chi connectivity index (χ3v) is 2.80. The van der Waals surface area contributed by atoms with Gasteiger partial charge in [-0.1, -0.05) is 0 Å². The summed E-state index contributed by atoms with van der Waals surface area (Å²) in [4.78, 5) is 22.2. The number of hydrogen-bond acceptors (Lipinski definition) is 4. The van der Waals surface area contributed by atoms with Crippen LogP contribution in [0.1, 0.15) is 33.6 Å². The molecule has 1 saturated carbocycles. The summed E-state index contributed by atoms with van der Waals surface area (Å²) in [7, 11) is 0. The largest absolute Gasteiger partial charge is 0.480 e. The Hall–Kier alpha value is -1.30. The summed E-state index contributed by atoms with van der Waals surface area (Å²) in [5.74, 6) is -1.03. The maximum Gasteiger partial charge on any atom is 0.407 e. The number of nitrogens with two attached hydrogens (primary N) is 1. The van der Waals surface area contributed by atoms with Crippen molar-refractivity contribution in [2.24, 2.45) is 11.1 Å². The van der Waals surface area contributed by atoms with E-state index < -0.39 is 29.1 Å². The van der Waals surface area contributed by atoms with E-state index in [1.807, 2.05) is 0 Å². The van der Waals surface area contributed by atoms with Gasteiger partial charge in [0.2, 0.25) is 0 Å². The van der Waals surface area contributed by atoms with Crippen LogP contribution in [-0.2, 0) is 9.53 Å². The molecule has 1 aliphatic carbocycles. The number of carbonyl (C=O) groups is 2. The van der Waals surface area contributed by atoms with Crippen molar-refractivity contribution in [2.45, 2.75) is 45.3 Å². The van der Waals surface area contributed by atoms with Crippen molar-refractivity contribution in [3.63, 3.8) is 0 Å². The number of carbonyl (C=O) groups excluding carboxylic acids is 1. The van der Waals surface area contributed by atoms with E-state index in [9.17, 15) is 9.59 Å². The summed E-state index contributed by atoms with van der Waals surface area (Å²) in [6.07, 6.45) is 0.897. The number of rotatable bonds is 4. The van der Waals surface area contributed by atoms with Gasteiger partial charge in [-0.3, -0.25) is 4.79 Å². The van der Waals surface area contributed by atoms with Crippen LogP contribution in [0.25, 0.3) is 0 Å². The first-order valence-electron chi connectivity index (χ1n) is 5.62. The lowest BCUT2D eigenvalue weighted by Crippen LogP contribution is -2.46. The molecule has 0 spiro atoms. The van der Waals surface area contributed by atoms with Crippen LogP contribution in [0.15, 0.2) is 0 Å². The van der Waals surface area contributed by atoms with Crippen LogP contribution in [0.5, 0.6) is 0 Å². The zero-order valence-electron chi connectivity index (χ0n) is 10.4. The minimum atomic E-state index is -1.03. The van der Waals surface area contributed by atoms with E-state index >= 15 is 0 Å². The molecule has 1 unspecified atom stereocenters. The van der Waals surface area contributed by atoms with Gasteiger partial charge < -0.3 is 20.9 Å². The Morgan fingerprint density at radius 2 is 2.00 bits per heavy atom. The quantitative estimate of drug-likeness (QED) is 0.675. The average Bonchev–Trinajstić information content (AvgIpc) is 2.91. The standard InChI is InChI=1S/C11H20N2O4/c1-10(2,3)17-9(16)13-6-11(4-5-11)7(12)8(14)15/h7H,4-6,12H2,1-3H3,(H,13,16)(H,14,15). The smallest absolute Gasteiger partial charge is 0.407 e. The molecule has 6 heteroatoms. The van der Waals surface area contributed by atoms with Crippen LogP contribution in [0.3, 0.4) is 0 Å². The molecule has 0 radical (unpaired) electrons. The zero-order chi connectivity index (χ0) is 13.3. The number of hydrogen-bond donors (Lipinski definition) is 3. The van der Waals surface area contributed by atoms with Gasteiger partial charge in [-0.15, -0.1) is 0 Å². The highest BCUT2D eigenvalue weighted by atomic mass is 16.6. The SMILES string of the molecule is CC(C)(C)OC(=O)NCC1(C(N)C(=O)O)CC1. The maximum atomic E-state index is 11.4. The molecular weight excluding hydrogens is 224 g/mol. The number of carboxylic acid groups (broad SMARTS) is 1. The molecule has 0 aliphatic heterocycles. The fourth-order valence-corrected chi connectivity index (χ4v) is 1.58. The molecule has 0 saturated heterocycles. The molecule has 0 bridgehead atoms. The number of aliphatic carboxylic acids is 1. The van der Waals surface area contributed by atoms with Gasteiger partial charge in [-0.25, -0.2) is 4.79 Å². The highest BCUT2D eigenvalue weighted by Gasteiger charge is 2.51. The fraction of sp³-hybridized carbons (Fsp3) is 0.818. The second-order valence-electron chi connectivity index (χ2n) is 5.53. The highest BCUT2D eigenvalue weighted by Crippen LogP contribution is 2.47. The van der Waals surface area contributed by atoms with Crippen molar-refractivity contribution in [3.8, 4) is 0 Å². The molecule has 0 heterocycles. The van der Waals surface area contributed by atoms with E-state index in [0.29, 0.717) is 0 Å². The molecule has 4 N–H and O–H groups in total. The van der Waals surface area contributed by atoms with Crippen LogP contribution < -0.4 is 11.1 Å². The molecule has 0 aromatic rings. The molecule has 0 aromatic heterocycles. The monoisotopic (exact) mass is 244 g/mol. The molecule has 1 aliphatic rings. The second kappa shape index (κ2) is 4.52. The summed E-state index contributed by atoms with van der Waals surface area (Å²) in [6, 6.07) is -0.933. The summed E-state index contributed by atoms with van der Waals surface area (Å²) < 4.78 is 5.06. The van der Waals surface area contributed by atoms with Crippen LogP contribution in [-0.4, -0.2) is 35.4 Å². The molecule has 1 atom stereocenters.